The highest BCUT2D eigenvalue weighted by molar-refractivity contribution is 5.00. The molecular formula is C11H20. The molecule has 0 spiro atoms. The zero-order chi connectivity index (χ0) is 8.32. The molecule has 64 valence electrons. The van der Waals surface area contributed by atoms with Crippen LogP contribution in [0.15, 0.2) is 12.7 Å². The lowest BCUT2D eigenvalue weighted by Gasteiger charge is -2.08. The molecule has 1 rings (SSSR count). The van der Waals surface area contributed by atoms with Gasteiger partial charge in [0.05, 0.1) is 0 Å². The monoisotopic (exact) mass is 152 g/mol. The quantitative estimate of drug-likeness (QED) is 0.526. The van der Waals surface area contributed by atoms with Crippen LogP contribution in [0.4, 0.5) is 0 Å². The van der Waals surface area contributed by atoms with Gasteiger partial charge in [-0.05, 0) is 30.6 Å². The summed E-state index contributed by atoms with van der Waals surface area (Å²) in [5.74, 6) is 0.964. The van der Waals surface area contributed by atoms with Crippen molar-refractivity contribution in [2.45, 2.75) is 46.0 Å². The molecule has 11 heavy (non-hydrogen) atoms. The second-order valence-electron chi connectivity index (χ2n) is 4.18. The Hall–Kier alpha value is -0.260. The molecule has 0 amide bonds. The lowest BCUT2D eigenvalue weighted by atomic mass is 9.97. The molecule has 0 bridgehead atoms. The number of rotatable bonds is 5. The first kappa shape index (κ1) is 8.83. The fourth-order valence-electron chi connectivity index (χ4n) is 1.96. The summed E-state index contributed by atoms with van der Waals surface area (Å²) < 4.78 is 0. The van der Waals surface area contributed by atoms with Gasteiger partial charge < -0.3 is 0 Å². The average Bonchev–Trinajstić information content (AvgIpc) is 2.60. The highest BCUT2D eigenvalue weighted by atomic mass is 14.5. The number of allylic oxidation sites excluding steroid dienone is 1. The smallest absolute Gasteiger partial charge is 0.0291 e. The van der Waals surface area contributed by atoms with E-state index in [9.17, 15) is 0 Å². The second-order valence-corrected chi connectivity index (χ2v) is 4.18. The standard InChI is InChI=1S/C11H20/c1-4-6-8-11(3)9-10(11)7-5-2/h5,10H,2,4,6-9H2,1,3H3. The Bertz CT molecular complexity index is 137. The van der Waals surface area contributed by atoms with Crippen molar-refractivity contribution >= 4 is 0 Å². The third-order valence-electron chi connectivity index (χ3n) is 3.09. The van der Waals surface area contributed by atoms with Crippen molar-refractivity contribution in [3.8, 4) is 0 Å². The van der Waals surface area contributed by atoms with Crippen molar-refractivity contribution < 1.29 is 0 Å². The van der Waals surface area contributed by atoms with Gasteiger partial charge in [0.1, 0.15) is 0 Å². The Morgan fingerprint density at radius 2 is 2.36 bits per heavy atom. The molecule has 0 heteroatoms. The van der Waals surface area contributed by atoms with Gasteiger partial charge in [0, 0.05) is 0 Å². The van der Waals surface area contributed by atoms with Crippen molar-refractivity contribution in [2.75, 3.05) is 0 Å². The van der Waals surface area contributed by atoms with Gasteiger partial charge in [-0.15, -0.1) is 6.58 Å². The molecule has 0 radical (unpaired) electrons. The van der Waals surface area contributed by atoms with Crippen molar-refractivity contribution in [2.24, 2.45) is 11.3 Å². The summed E-state index contributed by atoms with van der Waals surface area (Å²) in [6, 6.07) is 0. The fourth-order valence-corrected chi connectivity index (χ4v) is 1.96. The summed E-state index contributed by atoms with van der Waals surface area (Å²) in [5, 5.41) is 0. The average molecular weight is 152 g/mol. The first-order valence-corrected chi connectivity index (χ1v) is 4.84. The highest BCUT2D eigenvalue weighted by Gasteiger charge is 2.47. The normalized spacial score (nSPS) is 35.3. The molecule has 0 aromatic rings. The van der Waals surface area contributed by atoms with Crippen molar-refractivity contribution in [3.05, 3.63) is 12.7 Å². The summed E-state index contributed by atoms with van der Waals surface area (Å²) in [6.07, 6.45) is 8.93. The van der Waals surface area contributed by atoms with E-state index in [2.05, 4.69) is 26.5 Å². The van der Waals surface area contributed by atoms with Crippen LogP contribution in [0.25, 0.3) is 0 Å². The molecule has 1 fully saturated rings. The molecule has 0 aromatic carbocycles. The van der Waals surface area contributed by atoms with Crippen molar-refractivity contribution in [1.29, 1.82) is 0 Å². The van der Waals surface area contributed by atoms with Gasteiger partial charge in [0.2, 0.25) is 0 Å². The van der Waals surface area contributed by atoms with Crippen molar-refractivity contribution in [1.82, 2.24) is 0 Å². The van der Waals surface area contributed by atoms with Gasteiger partial charge in [-0.25, -0.2) is 0 Å². The first-order chi connectivity index (χ1) is 5.23. The highest BCUT2D eigenvalue weighted by Crippen LogP contribution is 2.57. The second kappa shape index (κ2) is 3.42. The van der Waals surface area contributed by atoms with E-state index in [0.29, 0.717) is 5.41 Å². The summed E-state index contributed by atoms with van der Waals surface area (Å²) in [5.41, 5.74) is 0.699. The van der Waals surface area contributed by atoms with E-state index >= 15 is 0 Å². The number of unbranched alkanes of at least 4 members (excludes halogenated alkanes) is 1. The van der Waals surface area contributed by atoms with E-state index in [1.165, 1.54) is 32.1 Å². The van der Waals surface area contributed by atoms with Gasteiger partial charge in [-0.2, -0.15) is 0 Å². The van der Waals surface area contributed by atoms with Crippen LogP contribution in [0.2, 0.25) is 0 Å². The summed E-state index contributed by atoms with van der Waals surface area (Å²) >= 11 is 0. The maximum Gasteiger partial charge on any atom is -0.0291 e. The third kappa shape index (κ3) is 2.08. The van der Waals surface area contributed by atoms with Crippen molar-refractivity contribution in [3.63, 3.8) is 0 Å². The van der Waals surface area contributed by atoms with Crippen LogP contribution in [0, 0.1) is 11.3 Å². The molecule has 0 saturated heterocycles. The number of hydrogen-bond acceptors (Lipinski definition) is 0. The zero-order valence-corrected chi connectivity index (χ0v) is 7.90. The Balaban J connectivity index is 2.19. The topological polar surface area (TPSA) is 0 Å². The van der Waals surface area contributed by atoms with Gasteiger partial charge in [0.25, 0.3) is 0 Å². The van der Waals surface area contributed by atoms with Crippen LogP contribution in [0.3, 0.4) is 0 Å². The molecule has 1 aliphatic rings. The molecule has 2 atom stereocenters. The van der Waals surface area contributed by atoms with E-state index in [1.807, 2.05) is 0 Å². The van der Waals surface area contributed by atoms with Crippen LogP contribution in [0.5, 0.6) is 0 Å². The lowest BCUT2D eigenvalue weighted by Crippen LogP contribution is -1.96. The van der Waals surface area contributed by atoms with Gasteiger partial charge >= 0.3 is 0 Å². The maximum atomic E-state index is 3.79. The van der Waals surface area contributed by atoms with E-state index in [-0.39, 0.29) is 0 Å². The molecule has 0 N–H and O–H groups in total. The predicted octanol–water partition coefficient (Wildman–Crippen LogP) is 3.78. The van der Waals surface area contributed by atoms with Crippen LogP contribution >= 0.6 is 0 Å². The molecule has 1 saturated carbocycles. The SMILES string of the molecule is C=CCC1CC1(C)CCCC. The number of hydrogen-bond donors (Lipinski definition) is 0. The summed E-state index contributed by atoms with van der Waals surface area (Å²) in [4.78, 5) is 0. The van der Waals surface area contributed by atoms with Gasteiger partial charge in [0.15, 0.2) is 0 Å². The van der Waals surface area contributed by atoms with Crippen LogP contribution in [0.1, 0.15) is 46.0 Å². The maximum absolute atomic E-state index is 3.79. The van der Waals surface area contributed by atoms with Crippen LogP contribution < -0.4 is 0 Å². The van der Waals surface area contributed by atoms with Crippen LogP contribution in [-0.2, 0) is 0 Å². The van der Waals surface area contributed by atoms with E-state index in [0.717, 1.165) is 5.92 Å². The third-order valence-corrected chi connectivity index (χ3v) is 3.09. The zero-order valence-electron chi connectivity index (χ0n) is 7.90. The minimum atomic E-state index is 0.699. The predicted molar refractivity (Wildman–Crippen MR) is 50.6 cm³/mol. The lowest BCUT2D eigenvalue weighted by molar-refractivity contribution is 0.442. The van der Waals surface area contributed by atoms with Gasteiger partial charge in [-0.1, -0.05) is 32.8 Å². The Kier molecular flexibility index (Phi) is 2.75. The summed E-state index contributed by atoms with van der Waals surface area (Å²) in [7, 11) is 0. The summed E-state index contributed by atoms with van der Waals surface area (Å²) in [6.45, 7) is 8.49. The first-order valence-electron chi connectivity index (χ1n) is 4.84. The molecule has 1 aliphatic carbocycles. The minimum absolute atomic E-state index is 0.699. The van der Waals surface area contributed by atoms with E-state index < -0.39 is 0 Å². The molecule has 0 nitrogen and oxygen atoms in total. The largest absolute Gasteiger partial charge is 0.103 e. The Morgan fingerprint density at radius 1 is 1.64 bits per heavy atom. The molecule has 0 aliphatic heterocycles. The van der Waals surface area contributed by atoms with E-state index in [1.54, 1.807) is 0 Å². The molecule has 2 unspecified atom stereocenters. The molecular weight excluding hydrogens is 132 g/mol. The van der Waals surface area contributed by atoms with E-state index in [4.69, 9.17) is 0 Å². The van der Waals surface area contributed by atoms with Crippen LogP contribution in [-0.4, -0.2) is 0 Å². The fraction of sp³-hybridized carbons (Fsp3) is 0.818. The Morgan fingerprint density at radius 3 is 2.91 bits per heavy atom. The van der Waals surface area contributed by atoms with Gasteiger partial charge in [-0.3, -0.25) is 0 Å². The Labute approximate surface area is 70.7 Å². The minimum Gasteiger partial charge on any atom is -0.103 e. The molecule has 0 heterocycles. The molecule has 0 aromatic heterocycles.